The summed E-state index contributed by atoms with van der Waals surface area (Å²) >= 11 is 0. The lowest BCUT2D eigenvalue weighted by Crippen LogP contribution is -2.57. The number of nitrogens with one attached hydrogen (secondary N) is 1. The molecule has 2 fully saturated rings. The quantitative estimate of drug-likeness (QED) is 0.508. The van der Waals surface area contributed by atoms with Crippen molar-refractivity contribution >= 4 is 16.7 Å². The molecule has 0 unspecified atom stereocenters. The standard InChI is InChI=1S/C22H24F2N8/c1-12-29-19-17(32(12)15-8-22(23,24)9-15)5-13(10-27-19)16-3-4-31-18(16)11-28-20(30-31)21(25)6-14(7-21)26-2/h3-5,10-11,14-15,26H,6-9,25H2,1-2H3. The van der Waals surface area contributed by atoms with Gasteiger partial charge in [0.2, 0.25) is 0 Å². The second-order valence-corrected chi connectivity index (χ2v) is 9.20. The lowest BCUT2D eigenvalue weighted by molar-refractivity contribution is -0.103. The van der Waals surface area contributed by atoms with Crippen molar-refractivity contribution in [2.24, 2.45) is 5.73 Å². The Morgan fingerprint density at radius 3 is 2.62 bits per heavy atom. The van der Waals surface area contributed by atoms with Crippen molar-refractivity contribution in [2.75, 3.05) is 7.05 Å². The summed E-state index contributed by atoms with van der Waals surface area (Å²) < 4.78 is 30.7. The second-order valence-electron chi connectivity index (χ2n) is 9.20. The zero-order valence-electron chi connectivity index (χ0n) is 17.9. The van der Waals surface area contributed by atoms with E-state index in [2.05, 4.69) is 25.4 Å². The topological polar surface area (TPSA) is 99.0 Å². The molecule has 32 heavy (non-hydrogen) atoms. The zero-order chi connectivity index (χ0) is 22.3. The van der Waals surface area contributed by atoms with Crippen LogP contribution >= 0.6 is 0 Å². The van der Waals surface area contributed by atoms with Crippen molar-refractivity contribution in [1.82, 2.24) is 34.4 Å². The Balaban J connectivity index is 1.38. The second kappa shape index (κ2) is 6.52. The fourth-order valence-electron chi connectivity index (χ4n) is 5.09. The van der Waals surface area contributed by atoms with E-state index in [4.69, 9.17) is 5.73 Å². The summed E-state index contributed by atoms with van der Waals surface area (Å²) in [6.45, 7) is 1.84. The minimum atomic E-state index is -2.60. The van der Waals surface area contributed by atoms with E-state index in [1.807, 2.05) is 36.9 Å². The summed E-state index contributed by atoms with van der Waals surface area (Å²) in [6.07, 6.45) is 6.70. The third kappa shape index (κ3) is 2.86. The highest BCUT2D eigenvalue weighted by Gasteiger charge is 2.47. The van der Waals surface area contributed by atoms with Gasteiger partial charge in [-0.3, -0.25) is 0 Å². The molecule has 2 aliphatic rings. The van der Waals surface area contributed by atoms with E-state index in [9.17, 15) is 8.78 Å². The van der Waals surface area contributed by atoms with Crippen LogP contribution in [0, 0.1) is 6.92 Å². The molecule has 0 spiro atoms. The molecule has 0 amide bonds. The normalized spacial score (nSPS) is 25.2. The number of halogens is 2. The van der Waals surface area contributed by atoms with E-state index < -0.39 is 11.5 Å². The minimum absolute atomic E-state index is 0.162. The van der Waals surface area contributed by atoms with Crippen LogP contribution in [0.5, 0.6) is 0 Å². The monoisotopic (exact) mass is 438 g/mol. The Morgan fingerprint density at radius 2 is 1.91 bits per heavy atom. The van der Waals surface area contributed by atoms with Crippen LogP contribution in [0.3, 0.4) is 0 Å². The molecule has 0 bridgehead atoms. The highest BCUT2D eigenvalue weighted by atomic mass is 19.3. The Morgan fingerprint density at radius 1 is 1.12 bits per heavy atom. The predicted molar refractivity (Wildman–Crippen MR) is 115 cm³/mol. The number of nitrogens with two attached hydrogens (primary N) is 1. The molecular formula is C22H24F2N8. The van der Waals surface area contributed by atoms with Gasteiger partial charge >= 0.3 is 0 Å². The largest absolute Gasteiger partial charge is 0.323 e. The van der Waals surface area contributed by atoms with Crippen LogP contribution < -0.4 is 11.1 Å². The first-order chi connectivity index (χ1) is 15.3. The molecule has 0 aliphatic heterocycles. The summed E-state index contributed by atoms with van der Waals surface area (Å²) in [5, 5.41) is 7.90. The zero-order valence-corrected chi connectivity index (χ0v) is 17.9. The van der Waals surface area contributed by atoms with Gasteiger partial charge in [0.25, 0.3) is 5.92 Å². The molecule has 0 radical (unpaired) electrons. The van der Waals surface area contributed by atoms with Gasteiger partial charge in [-0.15, -0.1) is 0 Å². The number of fused-ring (bicyclic) bond motifs is 2. The lowest BCUT2D eigenvalue weighted by Gasteiger charge is -2.43. The summed E-state index contributed by atoms with van der Waals surface area (Å²) in [6, 6.07) is 4.06. The highest BCUT2D eigenvalue weighted by Crippen LogP contribution is 2.47. The van der Waals surface area contributed by atoms with Gasteiger partial charge in [-0.25, -0.2) is 28.2 Å². The van der Waals surface area contributed by atoms with Gasteiger partial charge in [0, 0.05) is 48.4 Å². The van der Waals surface area contributed by atoms with Gasteiger partial charge in [-0.2, -0.15) is 5.10 Å². The van der Waals surface area contributed by atoms with Gasteiger partial charge < -0.3 is 15.6 Å². The maximum Gasteiger partial charge on any atom is 0.252 e. The minimum Gasteiger partial charge on any atom is -0.323 e. The number of imidazole rings is 1. The van der Waals surface area contributed by atoms with E-state index in [1.54, 1.807) is 16.9 Å². The van der Waals surface area contributed by atoms with Gasteiger partial charge in [0.15, 0.2) is 11.5 Å². The first-order valence-electron chi connectivity index (χ1n) is 10.8. The molecule has 4 aromatic rings. The predicted octanol–water partition coefficient (Wildman–Crippen LogP) is 2.96. The van der Waals surface area contributed by atoms with E-state index in [1.165, 1.54) is 0 Å². The van der Waals surface area contributed by atoms with Crippen molar-refractivity contribution in [2.45, 2.75) is 56.2 Å². The number of alkyl halides is 2. The summed E-state index contributed by atoms with van der Waals surface area (Å²) in [4.78, 5) is 13.5. The van der Waals surface area contributed by atoms with Crippen molar-refractivity contribution in [3.05, 3.63) is 42.4 Å². The number of aromatic nitrogens is 6. The number of aryl methyl sites for hydroxylation is 1. The number of pyridine rings is 1. The van der Waals surface area contributed by atoms with Gasteiger partial charge in [0.1, 0.15) is 5.82 Å². The summed E-state index contributed by atoms with van der Waals surface area (Å²) in [7, 11) is 1.93. The van der Waals surface area contributed by atoms with E-state index in [-0.39, 0.29) is 18.9 Å². The van der Waals surface area contributed by atoms with Crippen LogP contribution in [-0.2, 0) is 5.54 Å². The number of rotatable bonds is 4. The van der Waals surface area contributed by atoms with Crippen LogP contribution in [0.25, 0.3) is 27.8 Å². The molecule has 166 valence electrons. The van der Waals surface area contributed by atoms with Gasteiger partial charge in [-0.1, -0.05) is 0 Å². The molecule has 0 atom stereocenters. The average molecular weight is 438 g/mol. The van der Waals surface area contributed by atoms with Crippen LogP contribution in [0.15, 0.2) is 30.7 Å². The molecule has 0 aromatic carbocycles. The highest BCUT2D eigenvalue weighted by molar-refractivity contribution is 5.85. The lowest BCUT2D eigenvalue weighted by atomic mass is 9.73. The summed E-state index contributed by atoms with van der Waals surface area (Å²) in [5.74, 6) is -1.26. The van der Waals surface area contributed by atoms with Crippen molar-refractivity contribution in [3.8, 4) is 11.1 Å². The average Bonchev–Trinajstić information content (AvgIpc) is 3.28. The molecule has 3 N–H and O–H groups in total. The van der Waals surface area contributed by atoms with E-state index in [0.29, 0.717) is 23.3 Å². The molecule has 10 heteroatoms. The molecule has 4 aromatic heterocycles. The smallest absolute Gasteiger partial charge is 0.252 e. The maximum atomic E-state index is 13.5. The molecular weight excluding hydrogens is 414 g/mol. The number of hydrogen-bond donors (Lipinski definition) is 2. The van der Waals surface area contributed by atoms with Crippen LogP contribution in [0.4, 0.5) is 8.78 Å². The van der Waals surface area contributed by atoms with Crippen LogP contribution in [0.1, 0.15) is 43.4 Å². The van der Waals surface area contributed by atoms with Gasteiger partial charge in [-0.05, 0) is 38.9 Å². The van der Waals surface area contributed by atoms with Crippen molar-refractivity contribution < 1.29 is 8.78 Å². The molecule has 2 aliphatic carbocycles. The Hall–Kier alpha value is -2.98. The fourth-order valence-corrected chi connectivity index (χ4v) is 5.09. The van der Waals surface area contributed by atoms with Crippen molar-refractivity contribution in [3.63, 3.8) is 0 Å². The van der Waals surface area contributed by atoms with Crippen molar-refractivity contribution in [1.29, 1.82) is 0 Å². The number of hydrogen-bond acceptors (Lipinski definition) is 6. The first-order valence-corrected chi connectivity index (χ1v) is 10.8. The third-order valence-corrected chi connectivity index (χ3v) is 6.96. The number of nitrogens with zero attached hydrogens (tertiary/aromatic N) is 6. The van der Waals surface area contributed by atoms with E-state index >= 15 is 0 Å². The van der Waals surface area contributed by atoms with Crippen LogP contribution in [-0.4, -0.2) is 48.1 Å². The Kier molecular flexibility index (Phi) is 4.01. The molecule has 0 saturated heterocycles. The first kappa shape index (κ1) is 19.7. The molecule has 8 nitrogen and oxygen atoms in total. The third-order valence-electron chi connectivity index (χ3n) is 6.96. The van der Waals surface area contributed by atoms with Gasteiger partial charge in [0.05, 0.1) is 22.8 Å². The van der Waals surface area contributed by atoms with Crippen LogP contribution in [0.2, 0.25) is 0 Å². The Bertz CT molecular complexity index is 1340. The fraction of sp³-hybridized carbons (Fsp3) is 0.455. The summed E-state index contributed by atoms with van der Waals surface area (Å²) in [5.41, 5.74) is 9.94. The SMILES string of the molecule is CNC1CC(N)(c2ncc3c(-c4cnc5nc(C)n(C6CC(F)(F)C6)c5c4)ccn3n2)C1. The van der Waals surface area contributed by atoms with E-state index in [0.717, 1.165) is 35.0 Å². The molecule has 4 heterocycles. The molecule has 2 saturated carbocycles. The Labute approximate surface area is 182 Å². The molecule has 6 rings (SSSR count). The maximum absolute atomic E-state index is 13.5.